The maximum Gasteiger partial charge on any atom is 0.228 e. The van der Waals surface area contributed by atoms with Gasteiger partial charge >= 0.3 is 0 Å². The van der Waals surface area contributed by atoms with E-state index in [1.54, 1.807) is 7.11 Å². The molecule has 2 atom stereocenters. The normalized spacial score (nSPS) is 29.3. The Labute approximate surface area is 121 Å². The van der Waals surface area contributed by atoms with E-state index >= 15 is 0 Å². The highest BCUT2D eigenvalue weighted by Crippen LogP contribution is 2.30. The minimum Gasteiger partial charge on any atom is -0.384 e. The topological polar surface area (TPSA) is 59.6 Å². The summed E-state index contributed by atoms with van der Waals surface area (Å²) in [7, 11) is 1.68. The van der Waals surface area contributed by atoms with Gasteiger partial charge in [0, 0.05) is 26.2 Å². The number of ether oxygens (including phenoxy) is 2. The van der Waals surface area contributed by atoms with Crippen LogP contribution in [0.25, 0.3) is 0 Å². The van der Waals surface area contributed by atoms with E-state index in [1.807, 2.05) is 0 Å². The number of amides is 1. The molecule has 0 aromatic carbocycles. The lowest BCUT2D eigenvalue weighted by atomic mass is 9.78. The summed E-state index contributed by atoms with van der Waals surface area (Å²) >= 11 is 0. The van der Waals surface area contributed by atoms with Gasteiger partial charge in [0.2, 0.25) is 5.91 Å². The first-order valence-corrected chi connectivity index (χ1v) is 7.81. The van der Waals surface area contributed by atoms with Crippen molar-refractivity contribution in [3.05, 3.63) is 0 Å². The lowest BCUT2D eigenvalue weighted by molar-refractivity contribution is -0.136. The SMILES string of the molecule is CCC1OCCC1CNC(=O)C1(COC)CCNCC1. The van der Waals surface area contributed by atoms with Gasteiger partial charge in [-0.15, -0.1) is 0 Å². The van der Waals surface area contributed by atoms with Crippen LogP contribution >= 0.6 is 0 Å². The fourth-order valence-corrected chi connectivity index (χ4v) is 3.41. The highest BCUT2D eigenvalue weighted by atomic mass is 16.5. The third-order valence-electron chi connectivity index (χ3n) is 4.74. The molecule has 1 amide bonds. The van der Waals surface area contributed by atoms with Crippen LogP contribution in [0.4, 0.5) is 0 Å². The Bertz CT molecular complexity index is 311. The first-order valence-electron chi connectivity index (χ1n) is 7.81. The predicted octanol–water partition coefficient (Wildman–Crippen LogP) is 0.934. The Balaban J connectivity index is 1.88. The van der Waals surface area contributed by atoms with Crippen molar-refractivity contribution in [1.29, 1.82) is 0 Å². The van der Waals surface area contributed by atoms with Gasteiger partial charge in [0.05, 0.1) is 18.1 Å². The van der Waals surface area contributed by atoms with Gasteiger partial charge in [-0.25, -0.2) is 0 Å². The van der Waals surface area contributed by atoms with Crippen molar-refractivity contribution in [3.8, 4) is 0 Å². The van der Waals surface area contributed by atoms with Crippen LogP contribution in [0.15, 0.2) is 0 Å². The molecule has 0 aromatic rings. The first-order chi connectivity index (χ1) is 9.72. The van der Waals surface area contributed by atoms with E-state index in [1.165, 1.54) is 0 Å². The van der Waals surface area contributed by atoms with Crippen LogP contribution < -0.4 is 10.6 Å². The second kappa shape index (κ2) is 7.38. The number of carbonyl (C=O) groups is 1. The fraction of sp³-hybridized carbons (Fsp3) is 0.933. The molecule has 0 bridgehead atoms. The summed E-state index contributed by atoms with van der Waals surface area (Å²) in [4.78, 5) is 12.6. The van der Waals surface area contributed by atoms with Crippen molar-refractivity contribution in [2.24, 2.45) is 11.3 Å². The fourth-order valence-electron chi connectivity index (χ4n) is 3.41. The summed E-state index contributed by atoms with van der Waals surface area (Å²) < 4.78 is 11.0. The van der Waals surface area contributed by atoms with Crippen LogP contribution in [0.3, 0.4) is 0 Å². The number of piperidine rings is 1. The Morgan fingerprint density at radius 2 is 2.20 bits per heavy atom. The molecule has 2 aliphatic heterocycles. The van der Waals surface area contributed by atoms with E-state index in [0.29, 0.717) is 18.6 Å². The van der Waals surface area contributed by atoms with Crippen LogP contribution in [0, 0.1) is 11.3 Å². The molecule has 2 rings (SSSR count). The summed E-state index contributed by atoms with van der Waals surface area (Å²) in [5, 5.41) is 6.47. The number of methoxy groups -OCH3 is 1. The number of nitrogens with one attached hydrogen (secondary N) is 2. The standard InChI is InChI=1S/C15H28N2O3/c1-3-13-12(4-9-20-13)10-17-14(18)15(11-19-2)5-7-16-8-6-15/h12-13,16H,3-11H2,1-2H3,(H,17,18). The molecule has 2 fully saturated rings. The maximum atomic E-state index is 12.6. The molecule has 0 radical (unpaired) electrons. The number of hydrogen-bond donors (Lipinski definition) is 2. The van der Waals surface area contributed by atoms with Crippen molar-refractivity contribution < 1.29 is 14.3 Å². The molecule has 2 heterocycles. The van der Waals surface area contributed by atoms with Gasteiger partial charge < -0.3 is 20.1 Å². The van der Waals surface area contributed by atoms with Gasteiger partial charge in [0.1, 0.15) is 0 Å². The Morgan fingerprint density at radius 3 is 2.85 bits per heavy atom. The van der Waals surface area contributed by atoms with E-state index in [9.17, 15) is 4.79 Å². The third-order valence-corrected chi connectivity index (χ3v) is 4.74. The second-order valence-electron chi connectivity index (χ2n) is 6.04. The van der Waals surface area contributed by atoms with Gasteiger partial charge in [-0.2, -0.15) is 0 Å². The molecule has 0 spiro atoms. The summed E-state index contributed by atoms with van der Waals surface area (Å²) in [5.74, 6) is 0.618. The number of rotatable bonds is 6. The summed E-state index contributed by atoms with van der Waals surface area (Å²) in [6.45, 7) is 5.99. The van der Waals surface area contributed by atoms with Crippen LogP contribution in [0.1, 0.15) is 32.6 Å². The smallest absolute Gasteiger partial charge is 0.228 e. The van der Waals surface area contributed by atoms with Crippen molar-refractivity contribution in [1.82, 2.24) is 10.6 Å². The van der Waals surface area contributed by atoms with E-state index in [2.05, 4.69) is 17.6 Å². The molecular weight excluding hydrogens is 256 g/mol. The van der Waals surface area contributed by atoms with Gasteiger partial charge in [-0.1, -0.05) is 6.92 Å². The molecule has 0 aromatic heterocycles. The highest BCUT2D eigenvalue weighted by Gasteiger charge is 2.40. The predicted molar refractivity (Wildman–Crippen MR) is 77.6 cm³/mol. The summed E-state index contributed by atoms with van der Waals surface area (Å²) in [5.41, 5.74) is -0.346. The van der Waals surface area contributed by atoms with Crippen molar-refractivity contribution in [3.63, 3.8) is 0 Å². The molecule has 2 aliphatic rings. The van der Waals surface area contributed by atoms with E-state index in [0.717, 1.165) is 51.9 Å². The third kappa shape index (κ3) is 3.51. The van der Waals surface area contributed by atoms with Crippen LogP contribution in [-0.4, -0.2) is 52.0 Å². The monoisotopic (exact) mass is 284 g/mol. The van der Waals surface area contributed by atoms with E-state index in [-0.39, 0.29) is 11.3 Å². The lowest BCUT2D eigenvalue weighted by Gasteiger charge is -2.36. The largest absolute Gasteiger partial charge is 0.384 e. The molecule has 0 aliphatic carbocycles. The summed E-state index contributed by atoms with van der Waals surface area (Å²) in [6.07, 6.45) is 4.09. The van der Waals surface area contributed by atoms with Gasteiger partial charge in [0.25, 0.3) is 0 Å². The van der Waals surface area contributed by atoms with Crippen LogP contribution in [-0.2, 0) is 14.3 Å². The van der Waals surface area contributed by atoms with Crippen molar-refractivity contribution >= 4 is 5.91 Å². The minimum absolute atomic E-state index is 0.155. The minimum atomic E-state index is -0.346. The average molecular weight is 284 g/mol. The van der Waals surface area contributed by atoms with Crippen molar-refractivity contribution in [2.45, 2.75) is 38.7 Å². The Morgan fingerprint density at radius 1 is 1.45 bits per heavy atom. The zero-order chi connectivity index (χ0) is 14.4. The molecule has 2 N–H and O–H groups in total. The summed E-state index contributed by atoms with van der Waals surface area (Å²) in [6, 6.07) is 0. The molecular formula is C15H28N2O3. The van der Waals surface area contributed by atoms with E-state index < -0.39 is 0 Å². The van der Waals surface area contributed by atoms with Gasteiger partial charge in [-0.3, -0.25) is 4.79 Å². The average Bonchev–Trinajstić information content (AvgIpc) is 2.93. The quantitative estimate of drug-likeness (QED) is 0.762. The molecule has 2 saturated heterocycles. The molecule has 5 heteroatoms. The van der Waals surface area contributed by atoms with E-state index in [4.69, 9.17) is 9.47 Å². The van der Waals surface area contributed by atoms with Crippen molar-refractivity contribution in [2.75, 3.05) is 40.0 Å². The Kier molecular flexibility index (Phi) is 5.81. The van der Waals surface area contributed by atoms with Crippen LogP contribution in [0.2, 0.25) is 0 Å². The number of hydrogen-bond acceptors (Lipinski definition) is 4. The molecule has 20 heavy (non-hydrogen) atoms. The molecule has 116 valence electrons. The number of carbonyl (C=O) groups excluding carboxylic acids is 1. The Hall–Kier alpha value is -0.650. The zero-order valence-corrected chi connectivity index (χ0v) is 12.7. The second-order valence-corrected chi connectivity index (χ2v) is 6.04. The van der Waals surface area contributed by atoms with Crippen LogP contribution in [0.5, 0.6) is 0 Å². The zero-order valence-electron chi connectivity index (χ0n) is 12.7. The molecule has 0 saturated carbocycles. The lowest BCUT2D eigenvalue weighted by Crippen LogP contribution is -2.51. The van der Waals surface area contributed by atoms with Gasteiger partial charge in [-0.05, 0) is 38.8 Å². The maximum absolute atomic E-state index is 12.6. The first kappa shape index (κ1) is 15.7. The molecule has 5 nitrogen and oxygen atoms in total. The highest BCUT2D eigenvalue weighted by molar-refractivity contribution is 5.83. The van der Waals surface area contributed by atoms with Gasteiger partial charge in [0.15, 0.2) is 0 Å². The molecule has 2 unspecified atom stereocenters.